The van der Waals surface area contributed by atoms with E-state index in [9.17, 15) is 13.9 Å². The lowest BCUT2D eigenvalue weighted by Gasteiger charge is -2.28. The van der Waals surface area contributed by atoms with Crippen molar-refractivity contribution < 1.29 is 13.9 Å². The van der Waals surface area contributed by atoms with E-state index >= 15 is 0 Å². The molecule has 0 unspecified atom stereocenters. The van der Waals surface area contributed by atoms with Crippen molar-refractivity contribution >= 4 is 15.9 Å². The predicted molar refractivity (Wildman–Crippen MR) is 51.1 cm³/mol. The van der Waals surface area contributed by atoms with Crippen LogP contribution in [-0.2, 0) is 0 Å². The maximum absolute atomic E-state index is 13.1. The van der Waals surface area contributed by atoms with Crippen molar-refractivity contribution in [3.05, 3.63) is 27.7 Å². The van der Waals surface area contributed by atoms with Gasteiger partial charge in [-0.05, 0) is 35.0 Å². The van der Waals surface area contributed by atoms with E-state index in [4.69, 9.17) is 0 Å². The monoisotopic (exact) mass is 263 g/mol. The van der Waals surface area contributed by atoms with E-state index in [2.05, 4.69) is 21.2 Å². The first-order valence-corrected chi connectivity index (χ1v) is 5.00. The number of rotatable bonds is 1. The number of hydrogen-bond donors (Lipinski definition) is 2. The van der Waals surface area contributed by atoms with Crippen LogP contribution < -0.4 is 5.32 Å². The number of aromatic hydroxyl groups is 1. The van der Waals surface area contributed by atoms with Gasteiger partial charge in [-0.2, -0.15) is 4.39 Å². The molecule has 1 aliphatic heterocycles. The first-order chi connectivity index (χ1) is 6.61. The van der Waals surface area contributed by atoms with Gasteiger partial charge in [-0.15, -0.1) is 0 Å². The van der Waals surface area contributed by atoms with Gasteiger partial charge in [0.2, 0.25) is 5.82 Å². The van der Waals surface area contributed by atoms with E-state index in [1.807, 2.05) is 0 Å². The SMILES string of the molecule is Oc1c([C@H]2CCN2)cc(Br)c(F)c1F. The fraction of sp³-hybridized carbons (Fsp3) is 0.333. The number of phenols is 1. The minimum absolute atomic E-state index is 0.0384. The molecule has 76 valence electrons. The number of halogens is 3. The molecule has 1 aromatic carbocycles. The third kappa shape index (κ3) is 1.40. The van der Waals surface area contributed by atoms with E-state index in [-0.39, 0.29) is 10.5 Å². The summed E-state index contributed by atoms with van der Waals surface area (Å²) in [6, 6.07) is 1.34. The Labute approximate surface area is 88.1 Å². The molecule has 0 aromatic heterocycles. The molecule has 1 heterocycles. The van der Waals surface area contributed by atoms with Crippen LogP contribution in [0.2, 0.25) is 0 Å². The molecular formula is C9H8BrF2NO. The highest BCUT2D eigenvalue weighted by Crippen LogP contribution is 2.36. The minimum atomic E-state index is -1.19. The van der Waals surface area contributed by atoms with Crippen LogP contribution in [0.1, 0.15) is 18.0 Å². The lowest BCUT2D eigenvalue weighted by Crippen LogP contribution is -2.35. The summed E-state index contributed by atoms with van der Waals surface area (Å²) in [6.07, 6.45) is 0.824. The van der Waals surface area contributed by atoms with Crippen LogP contribution in [0.25, 0.3) is 0 Å². The molecule has 1 aromatic rings. The van der Waals surface area contributed by atoms with Crippen molar-refractivity contribution in [2.45, 2.75) is 12.5 Å². The maximum atomic E-state index is 13.1. The van der Waals surface area contributed by atoms with Crippen LogP contribution in [0, 0.1) is 11.6 Å². The fourth-order valence-electron chi connectivity index (χ4n) is 1.42. The quantitative estimate of drug-likeness (QED) is 0.764. The van der Waals surface area contributed by atoms with Crippen LogP contribution in [0.15, 0.2) is 10.5 Å². The summed E-state index contributed by atoms with van der Waals surface area (Å²) in [7, 11) is 0. The highest BCUT2D eigenvalue weighted by atomic mass is 79.9. The summed E-state index contributed by atoms with van der Waals surface area (Å²) < 4.78 is 26.1. The summed E-state index contributed by atoms with van der Waals surface area (Å²) >= 11 is 2.90. The smallest absolute Gasteiger partial charge is 0.201 e. The first-order valence-electron chi connectivity index (χ1n) is 4.21. The second kappa shape index (κ2) is 3.47. The molecule has 1 fully saturated rings. The average molecular weight is 264 g/mol. The highest BCUT2D eigenvalue weighted by Gasteiger charge is 2.26. The molecule has 0 spiro atoms. The molecule has 14 heavy (non-hydrogen) atoms. The molecule has 0 saturated carbocycles. The van der Waals surface area contributed by atoms with Crippen molar-refractivity contribution in [3.63, 3.8) is 0 Å². The second-order valence-corrected chi connectivity index (χ2v) is 4.07. The molecule has 5 heteroatoms. The molecular weight excluding hydrogens is 256 g/mol. The summed E-state index contributed by atoms with van der Waals surface area (Å²) in [4.78, 5) is 0. The Balaban J connectivity index is 2.49. The third-order valence-corrected chi connectivity index (χ3v) is 2.94. The molecule has 0 aliphatic carbocycles. The van der Waals surface area contributed by atoms with Gasteiger partial charge in [-0.25, -0.2) is 4.39 Å². The van der Waals surface area contributed by atoms with Gasteiger partial charge in [0.1, 0.15) is 0 Å². The van der Waals surface area contributed by atoms with E-state index in [1.165, 1.54) is 6.07 Å². The summed E-state index contributed by atoms with van der Waals surface area (Å²) in [5.41, 5.74) is 0.405. The number of hydrogen-bond acceptors (Lipinski definition) is 2. The molecule has 1 atom stereocenters. The first kappa shape index (κ1) is 9.86. The molecule has 0 amide bonds. The fourth-order valence-corrected chi connectivity index (χ4v) is 1.84. The molecule has 2 rings (SSSR count). The van der Waals surface area contributed by atoms with E-state index in [0.717, 1.165) is 13.0 Å². The van der Waals surface area contributed by atoms with E-state index < -0.39 is 17.4 Å². The number of nitrogens with one attached hydrogen (secondary N) is 1. The van der Waals surface area contributed by atoms with Gasteiger partial charge in [0, 0.05) is 11.6 Å². The third-order valence-electron chi connectivity index (χ3n) is 2.37. The van der Waals surface area contributed by atoms with E-state index in [0.29, 0.717) is 5.56 Å². The zero-order valence-electron chi connectivity index (χ0n) is 7.15. The van der Waals surface area contributed by atoms with Gasteiger partial charge in [0.25, 0.3) is 0 Å². The van der Waals surface area contributed by atoms with Crippen LogP contribution in [-0.4, -0.2) is 11.7 Å². The average Bonchev–Trinajstić information content (AvgIpc) is 2.08. The molecule has 1 aliphatic rings. The Kier molecular flexibility index (Phi) is 2.45. The van der Waals surface area contributed by atoms with Gasteiger partial charge in [-0.1, -0.05) is 0 Å². The lowest BCUT2D eigenvalue weighted by atomic mass is 9.97. The predicted octanol–water partition coefficient (Wildman–Crippen LogP) is 2.47. The standard InChI is InChI=1S/C9H8BrF2NO/c10-5-3-4(6-1-2-13-6)9(14)8(12)7(5)11/h3,6,13-14H,1-2H2/t6-/m1/s1. The molecule has 2 N–H and O–H groups in total. The molecule has 2 nitrogen and oxygen atoms in total. The van der Waals surface area contributed by atoms with Crippen molar-refractivity contribution in [2.24, 2.45) is 0 Å². The van der Waals surface area contributed by atoms with Crippen LogP contribution in [0.5, 0.6) is 5.75 Å². The lowest BCUT2D eigenvalue weighted by molar-refractivity contribution is 0.347. The van der Waals surface area contributed by atoms with Crippen molar-refractivity contribution in [2.75, 3.05) is 6.54 Å². The Hall–Kier alpha value is -0.680. The maximum Gasteiger partial charge on any atom is 0.201 e. The summed E-state index contributed by atoms with van der Waals surface area (Å²) in [5, 5.41) is 12.4. The minimum Gasteiger partial charge on any atom is -0.505 e. The van der Waals surface area contributed by atoms with Crippen molar-refractivity contribution in [3.8, 4) is 5.75 Å². The molecule has 1 saturated heterocycles. The van der Waals surface area contributed by atoms with Crippen molar-refractivity contribution in [1.29, 1.82) is 0 Å². The summed E-state index contributed by atoms with van der Waals surface area (Å²) in [6.45, 7) is 0.834. The Morgan fingerprint density at radius 2 is 2.07 bits per heavy atom. The van der Waals surface area contributed by atoms with Crippen LogP contribution >= 0.6 is 15.9 Å². The molecule has 0 bridgehead atoms. The van der Waals surface area contributed by atoms with Crippen LogP contribution in [0.4, 0.5) is 8.78 Å². The van der Waals surface area contributed by atoms with Gasteiger partial charge in [0.15, 0.2) is 11.6 Å². The second-order valence-electron chi connectivity index (χ2n) is 3.22. The zero-order chi connectivity index (χ0) is 10.3. The largest absolute Gasteiger partial charge is 0.505 e. The Morgan fingerprint density at radius 1 is 1.43 bits per heavy atom. The number of phenolic OH excluding ortho intramolecular Hbond substituents is 1. The van der Waals surface area contributed by atoms with Gasteiger partial charge < -0.3 is 10.4 Å². The Morgan fingerprint density at radius 3 is 2.57 bits per heavy atom. The topological polar surface area (TPSA) is 32.3 Å². The van der Waals surface area contributed by atoms with Gasteiger partial charge in [-0.3, -0.25) is 0 Å². The highest BCUT2D eigenvalue weighted by molar-refractivity contribution is 9.10. The van der Waals surface area contributed by atoms with Gasteiger partial charge in [0.05, 0.1) is 4.47 Å². The van der Waals surface area contributed by atoms with Crippen molar-refractivity contribution in [1.82, 2.24) is 5.32 Å². The normalized spacial score (nSPS) is 20.6. The van der Waals surface area contributed by atoms with E-state index in [1.54, 1.807) is 0 Å². The van der Waals surface area contributed by atoms with Crippen LogP contribution in [0.3, 0.4) is 0 Å². The molecule has 0 radical (unpaired) electrons. The summed E-state index contributed by atoms with van der Waals surface area (Å²) in [5.74, 6) is -2.84. The Bertz CT molecular complexity index is 380. The number of benzene rings is 1. The van der Waals surface area contributed by atoms with Gasteiger partial charge >= 0.3 is 0 Å². The zero-order valence-corrected chi connectivity index (χ0v) is 8.74.